The monoisotopic (exact) mass is 928 g/mol. The summed E-state index contributed by atoms with van der Waals surface area (Å²) in [5.74, 6) is -3.34. The van der Waals surface area contributed by atoms with Gasteiger partial charge in [0.15, 0.2) is 0 Å². The van der Waals surface area contributed by atoms with Gasteiger partial charge in [-0.15, -0.1) is 0 Å². The quantitative estimate of drug-likeness (QED) is 0.113. The molecule has 5 N–H and O–H groups in total. The van der Waals surface area contributed by atoms with Crippen molar-refractivity contribution in [2.45, 2.75) is 141 Å². The van der Waals surface area contributed by atoms with Gasteiger partial charge in [0.2, 0.25) is 23.6 Å². The minimum Gasteiger partial charge on any atom is -0.379 e. The number of aryl methyl sites for hydroxylation is 1. The number of nitrogens with one attached hydrogen (secondary N) is 3. The van der Waals surface area contributed by atoms with Crippen molar-refractivity contribution in [2.75, 3.05) is 41.9 Å². The number of amides is 5. The van der Waals surface area contributed by atoms with Gasteiger partial charge in [-0.3, -0.25) is 28.9 Å². The Kier molecular flexibility index (Phi) is 21.5. The van der Waals surface area contributed by atoms with Crippen LogP contribution in [0.3, 0.4) is 0 Å². The molecule has 0 aromatic heterocycles. The zero-order valence-electron chi connectivity index (χ0n) is 40.7. The first-order valence-electron chi connectivity index (χ1n) is 22.9. The van der Waals surface area contributed by atoms with Gasteiger partial charge < -0.3 is 35.6 Å². The number of methoxy groups -OCH3 is 2. The predicted octanol–water partition coefficient (Wildman–Crippen LogP) is 3.72. The smallest absolute Gasteiger partial charge is 0.264 e. The summed E-state index contributed by atoms with van der Waals surface area (Å²) in [7, 11) is 4.08. The largest absolute Gasteiger partial charge is 0.379 e. The summed E-state index contributed by atoms with van der Waals surface area (Å²) >= 11 is 0. The summed E-state index contributed by atoms with van der Waals surface area (Å²) < 4.78 is 40.8. The lowest BCUT2D eigenvalue weighted by Crippen LogP contribution is -2.59. The summed E-state index contributed by atoms with van der Waals surface area (Å²) in [5.41, 5.74) is 7.29. The molecule has 0 saturated carbocycles. The molecule has 0 aliphatic carbocycles. The van der Waals surface area contributed by atoms with E-state index in [9.17, 15) is 32.4 Å². The number of sulfonamides is 1. The molecule has 0 bridgehead atoms. The number of ether oxygens (including phenoxy) is 2. The second kappa shape index (κ2) is 25.5. The molecule has 0 unspecified atom stereocenters. The fourth-order valence-electron chi connectivity index (χ4n) is 9.01. The maximum atomic E-state index is 14.4. The van der Waals surface area contributed by atoms with Crippen LogP contribution >= 0.6 is 0 Å². The van der Waals surface area contributed by atoms with E-state index in [0.717, 1.165) is 11.1 Å². The van der Waals surface area contributed by atoms with E-state index in [1.165, 1.54) is 26.4 Å². The minimum atomic E-state index is -4.29. The average Bonchev–Trinajstić information content (AvgIpc) is 3.76. The zero-order valence-corrected chi connectivity index (χ0v) is 41.5. The Hall–Kier alpha value is -4.42. The molecule has 9 atom stereocenters. The number of likely N-dealkylation sites (tertiary alicyclic amines) is 1. The lowest BCUT2D eigenvalue weighted by atomic mass is 9.89. The summed E-state index contributed by atoms with van der Waals surface area (Å²) in [6.45, 7) is 14.0. The summed E-state index contributed by atoms with van der Waals surface area (Å²) in [4.78, 5) is 75.2. The highest BCUT2D eigenvalue weighted by Crippen LogP contribution is 2.30. The van der Waals surface area contributed by atoms with Crippen molar-refractivity contribution >= 4 is 39.6 Å². The van der Waals surface area contributed by atoms with Crippen molar-refractivity contribution in [1.82, 2.24) is 30.1 Å². The minimum absolute atomic E-state index is 0.0119. The zero-order chi connectivity index (χ0) is 48.8. The lowest BCUT2D eigenvalue weighted by molar-refractivity contribution is -0.148. The SMILES string of the molecule is CC[C@H](C)[C@@H]([C@@H](CC(=O)N1CCC[C@H]1[C@H](OC)[C@@H](C)C(=O)N[C@@H](CCc1ccccc1)C(=O)NS(=O)(=O)c1ccc(CN)cc1)OC)N(C)C(=O)[C@@H](NC(=O)[C@H](C(C)C)N(C)C)C(C)C. The molecule has 1 aliphatic rings. The van der Waals surface area contributed by atoms with E-state index in [4.69, 9.17) is 15.2 Å². The van der Waals surface area contributed by atoms with Crippen LogP contribution in [0, 0.1) is 23.7 Å². The number of nitrogens with two attached hydrogens (primary N) is 1. The molecular weight excluding hydrogens is 851 g/mol. The van der Waals surface area contributed by atoms with Crippen LogP contribution in [0.4, 0.5) is 0 Å². The second-order valence-electron chi connectivity index (χ2n) is 18.4. The van der Waals surface area contributed by atoms with Gasteiger partial charge in [0.25, 0.3) is 15.9 Å². The molecule has 2 aromatic carbocycles. The van der Waals surface area contributed by atoms with Crippen LogP contribution in [-0.4, -0.2) is 137 Å². The van der Waals surface area contributed by atoms with Crippen LogP contribution in [0.2, 0.25) is 0 Å². The number of rotatable bonds is 25. The van der Waals surface area contributed by atoms with Crippen LogP contribution in [-0.2, 0) is 56.4 Å². The molecular formula is C48H77N7O9S. The third-order valence-electron chi connectivity index (χ3n) is 12.8. The van der Waals surface area contributed by atoms with Crippen LogP contribution in [0.15, 0.2) is 59.5 Å². The van der Waals surface area contributed by atoms with Crippen LogP contribution in [0.25, 0.3) is 0 Å². The van der Waals surface area contributed by atoms with Gasteiger partial charge in [0.1, 0.15) is 12.1 Å². The Balaban J connectivity index is 1.83. The van der Waals surface area contributed by atoms with Gasteiger partial charge in [-0.2, -0.15) is 0 Å². The molecule has 364 valence electrons. The van der Waals surface area contributed by atoms with Crippen molar-refractivity contribution in [2.24, 2.45) is 29.4 Å². The summed E-state index contributed by atoms with van der Waals surface area (Å²) in [5, 5.41) is 5.83. The average molecular weight is 928 g/mol. The van der Waals surface area contributed by atoms with E-state index in [0.29, 0.717) is 32.2 Å². The van der Waals surface area contributed by atoms with Crippen LogP contribution in [0.1, 0.15) is 91.7 Å². The fraction of sp³-hybridized carbons (Fsp3) is 0.646. The third-order valence-corrected chi connectivity index (χ3v) is 14.2. The number of hydrogen-bond acceptors (Lipinski definition) is 11. The molecule has 0 spiro atoms. The topological polar surface area (TPSA) is 210 Å². The normalized spacial score (nSPS) is 18.0. The highest BCUT2D eigenvalue weighted by Gasteiger charge is 2.43. The van der Waals surface area contributed by atoms with Gasteiger partial charge in [-0.1, -0.05) is 97.4 Å². The maximum Gasteiger partial charge on any atom is 0.264 e. The van der Waals surface area contributed by atoms with E-state index in [-0.39, 0.29) is 59.8 Å². The molecule has 17 heteroatoms. The van der Waals surface area contributed by atoms with E-state index >= 15 is 0 Å². The first kappa shape index (κ1) is 54.9. The van der Waals surface area contributed by atoms with E-state index in [2.05, 4.69) is 15.4 Å². The highest BCUT2D eigenvalue weighted by atomic mass is 32.2. The lowest BCUT2D eigenvalue weighted by Gasteiger charge is -2.41. The Labute approximate surface area is 388 Å². The van der Waals surface area contributed by atoms with Gasteiger partial charge in [-0.05, 0) is 80.8 Å². The molecule has 65 heavy (non-hydrogen) atoms. The van der Waals surface area contributed by atoms with Gasteiger partial charge >= 0.3 is 0 Å². The van der Waals surface area contributed by atoms with Crippen molar-refractivity contribution in [1.29, 1.82) is 0 Å². The summed E-state index contributed by atoms with van der Waals surface area (Å²) in [6, 6.07) is 11.7. The molecule has 2 aromatic rings. The molecule has 3 rings (SSSR count). The fourth-order valence-corrected chi connectivity index (χ4v) is 10.0. The van der Waals surface area contributed by atoms with Crippen molar-refractivity contribution in [3.63, 3.8) is 0 Å². The van der Waals surface area contributed by atoms with E-state index < -0.39 is 70.2 Å². The maximum absolute atomic E-state index is 14.4. The number of likely N-dealkylation sites (N-methyl/N-ethyl adjacent to an activating group) is 2. The molecule has 5 amide bonds. The number of hydrogen-bond donors (Lipinski definition) is 4. The van der Waals surface area contributed by atoms with E-state index in [1.54, 1.807) is 35.9 Å². The standard InChI is InChI=1S/C48H77N7O9S/c1-13-32(6)43(54(10)48(60)41(30(2)3)51-47(59)42(31(4)5)53(8)9)39(63-11)28-40(56)55-27-17-20-38(55)44(64-12)33(7)45(57)50-37(26-23-34-18-15-14-16-19-34)46(58)52-65(61,62)36-24-21-35(29-49)22-25-36/h14-16,18-19,21-22,24-25,30-33,37-39,41-44H,13,17,20,23,26-29,49H2,1-12H3,(H,50,57)(H,51,59)(H,52,58)/t32-,33+,37-,38-,39+,41-,42-,43-,44+/m0/s1. The first-order chi connectivity index (χ1) is 30.6. The Morgan fingerprint density at radius 1 is 0.831 bits per heavy atom. The van der Waals surface area contributed by atoms with Crippen LogP contribution in [0.5, 0.6) is 0 Å². The predicted molar refractivity (Wildman–Crippen MR) is 252 cm³/mol. The molecule has 16 nitrogen and oxygen atoms in total. The Morgan fingerprint density at radius 2 is 1.46 bits per heavy atom. The van der Waals surface area contributed by atoms with Gasteiger partial charge in [0.05, 0.1) is 47.6 Å². The van der Waals surface area contributed by atoms with Crippen molar-refractivity contribution in [3.8, 4) is 0 Å². The molecule has 1 saturated heterocycles. The molecule has 0 radical (unpaired) electrons. The Bertz CT molecular complexity index is 1960. The van der Waals surface area contributed by atoms with Gasteiger partial charge in [-0.25, -0.2) is 13.1 Å². The summed E-state index contributed by atoms with van der Waals surface area (Å²) in [6.07, 6.45) is 0.817. The molecule has 1 fully saturated rings. The van der Waals surface area contributed by atoms with E-state index in [1.807, 2.05) is 90.9 Å². The molecule has 1 aliphatic heterocycles. The Morgan fingerprint density at radius 3 is 1.98 bits per heavy atom. The van der Waals surface area contributed by atoms with Crippen molar-refractivity contribution < 1.29 is 41.9 Å². The highest BCUT2D eigenvalue weighted by molar-refractivity contribution is 7.90. The molecule has 1 heterocycles. The third kappa shape index (κ3) is 14.8. The number of carbonyl (C=O) groups excluding carboxylic acids is 5. The van der Waals surface area contributed by atoms with Crippen LogP contribution < -0.4 is 21.1 Å². The number of benzene rings is 2. The second-order valence-corrected chi connectivity index (χ2v) is 20.1. The number of nitrogens with zero attached hydrogens (tertiary/aromatic N) is 3. The van der Waals surface area contributed by atoms with Gasteiger partial charge in [0, 0.05) is 34.4 Å². The van der Waals surface area contributed by atoms with Crippen molar-refractivity contribution in [3.05, 3.63) is 65.7 Å². The number of carbonyl (C=O) groups is 5. The first-order valence-corrected chi connectivity index (χ1v) is 24.4.